The minimum absolute atomic E-state index is 0.158. The van der Waals surface area contributed by atoms with E-state index in [-0.39, 0.29) is 5.69 Å². The van der Waals surface area contributed by atoms with E-state index in [0.29, 0.717) is 25.5 Å². The fourth-order valence-corrected chi connectivity index (χ4v) is 4.06. The van der Waals surface area contributed by atoms with Crippen molar-refractivity contribution < 1.29 is 14.6 Å². The van der Waals surface area contributed by atoms with Crippen LogP contribution in [0.1, 0.15) is 46.5 Å². The van der Waals surface area contributed by atoms with E-state index in [2.05, 4.69) is 9.97 Å². The van der Waals surface area contributed by atoms with E-state index < -0.39 is 5.97 Å². The summed E-state index contributed by atoms with van der Waals surface area (Å²) >= 11 is 1.63. The molecule has 21 heavy (non-hydrogen) atoms. The second-order valence-corrected chi connectivity index (χ2v) is 6.22. The number of aromatic nitrogens is 2. The van der Waals surface area contributed by atoms with E-state index in [1.54, 1.807) is 11.3 Å². The van der Waals surface area contributed by atoms with Gasteiger partial charge in [-0.3, -0.25) is 0 Å². The highest BCUT2D eigenvalue weighted by atomic mass is 32.1. The number of hydrogen-bond acceptors (Lipinski definition) is 5. The number of ether oxygens (including phenoxy) is 1. The van der Waals surface area contributed by atoms with Crippen LogP contribution >= 0.6 is 11.3 Å². The average Bonchev–Trinajstić information content (AvgIpc) is 2.84. The first-order valence-electron chi connectivity index (χ1n) is 7.33. The van der Waals surface area contributed by atoms with Crippen molar-refractivity contribution in [2.75, 3.05) is 13.2 Å². The fraction of sp³-hybridized carbons (Fsp3) is 0.533. The van der Waals surface area contributed by atoms with Crippen LogP contribution in [0.15, 0.2) is 0 Å². The number of hydrogen-bond donors (Lipinski definition) is 1. The van der Waals surface area contributed by atoms with Gasteiger partial charge in [0, 0.05) is 23.3 Å². The van der Waals surface area contributed by atoms with Crippen molar-refractivity contribution in [3.8, 4) is 0 Å². The van der Waals surface area contributed by atoms with Gasteiger partial charge in [-0.1, -0.05) is 0 Å². The van der Waals surface area contributed by atoms with Crippen LogP contribution < -0.4 is 0 Å². The zero-order valence-corrected chi connectivity index (χ0v) is 12.8. The van der Waals surface area contributed by atoms with Gasteiger partial charge in [0.2, 0.25) is 0 Å². The van der Waals surface area contributed by atoms with E-state index in [1.807, 2.05) is 6.92 Å². The maximum atomic E-state index is 11.6. The number of aryl methyl sites for hydroxylation is 2. The normalized spacial score (nSPS) is 14.3. The van der Waals surface area contributed by atoms with Crippen LogP contribution in [-0.4, -0.2) is 34.3 Å². The van der Waals surface area contributed by atoms with Crippen LogP contribution in [0.3, 0.4) is 0 Å². The maximum Gasteiger partial charge on any atom is 0.355 e. The van der Waals surface area contributed by atoms with Gasteiger partial charge >= 0.3 is 5.97 Å². The Hall–Kier alpha value is -1.53. The summed E-state index contributed by atoms with van der Waals surface area (Å²) in [4.78, 5) is 22.5. The molecule has 112 valence electrons. The molecule has 0 aliphatic heterocycles. The average molecular weight is 306 g/mol. The SMILES string of the molecule is CCOCCc1nc(C(=O)O)c2c3c(sc2n1)CCCC3. The van der Waals surface area contributed by atoms with Crippen LogP contribution in [0.2, 0.25) is 0 Å². The Morgan fingerprint density at radius 2 is 2.14 bits per heavy atom. The summed E-state index contributed by atoms with van der Waals surface area (Å²) in [6.07, 6.45) is 4.81. The maximum absolute atomic E-state index is 11.6. The van der Waals surface area contributed by atoms with Crippen molar-refractivity contribution in [1.29, 1.82) is 0 Å². The van der Waals surface area contributed by atoms with E-state index in [1.165, 1.54) is 11.3 Å². The van der Waals surface area contributed by atoms with Crippen LogP contribution in [0, 0.1) is 0 Å². The number of thiophene rings is 1. The summed E-state index contributed by atoms with van der Waals surface area (Å²) in [6.45, 7) is 3.09. The van der Waals surface area contributed by atoms with Gasteiger partial charge in [0.25, 0.3) is 0 Å². The third kappa shape index (κ3) is 2.78. The lowest BCUT2D eigenvalue weighted by atomic mass is 9.96. The topological polar surface area (TPSA) is 72.3 Å². The van der Waals surface area contributed by atoms with Gasteiger partial charge in [-0.15, -0.1) is 11.3 Å². The Balaban J connectivity index is 2.07. The van der Waals surface area contributed by atoms with Gasteiger partial charge in [0.05, 0.1) is 6.61 Å². The molecular formula is C15H18N2O3S. The van der Waals surface area contributed by atoms with E-state index in [0.717, 1.165) is 35.0 Å². The Labute approximate surface area is 127 Å². The standard InChI is InChI=1S/C15H18N2O3S/c1-2-20-8-7-11-16-13(15(18)19)12-9-5-3-4-6-10(9)21-14(12)17-11/h2-8H2,1H3,(H,18,19). The minimum Gasteiger partial charge on any atom is -0.476 e. The lowest BCUT2D eigenvalue weighted by molar-refractivity contribution is 0.0692. The van der Waals surface area contributed by atoms with E-state index in [4.69, 9.17) is 4.74 Å². The summed E-state index contributed by atoms with van der Waals surface area (Å²) in [5.74, 6) is -0.404. The Kier molecular flexibility index (Phi) is 4.17. The number of rotatable bonds is 5. The van der Waals surface area contributed by atoms with Crippen molar-refractivity contribution >= 4 is 27.5 Å². The molecule has 2 aromatic heterocycles. The Bertz CT molecular complexity index is 681. The highest BCUT2D eigenvalue weighted by molar-refractivity contribution is 7.18. The lowest BCUT2D eigenvalue weighted by Crippen LogP contribution is -2.09. The van der Waals surface area contributed by atoms with Crippen LogP contribution in [0.5, 0.6) is 0 Å². The van der Waals surface area contributed by atoms with Gasteiger partial charge in [-0.25, -0.2) is 14.8 Å². The molecule has 0 bridgehead atoms. The summed E-state index contributed by atoms with van der Waals surface area (Å²) in [5, 5.41) is 10.2. The molecule has 0 fully saturated rings. The second kappa shape index (κ2) is 6.07. The third-order valence-corrected chi connectivity index (χ3v) is 4.92. The quantitative estimate of drug-likeness (QED) is 0.860. The molecule has 1 aliphatic rings. The van der Waals surface area contributed by atoms with Crippen LogP contribution in [-0.2, 0) is 24.0 Å². The molecule has 2 aromatic rings. The predicted molar refractivity (Wildman–Crippen MR) is 81.2 cm³/mol. The lowest BCUT2D eigenvalue weighted by Gasteiger charge is -2.11. The molecule has 0 atom stereocenters. The first-order chi connectivity index (χ1) is 10.2. The summed E-state index contributed by atoms with van der Waals surface area (Å²) in [6, 6.07) is 0. The molecule has 0 saturated carbocycles. The van der Waals surface area contributed by atoms with E-state index >= 15 is 0 Å². The highest BCUT2D eigenvalue weighted by Crippen LogP contribution is 2.36. The second-order valence-electron chi connectivity index (χ2n) is 5.13. The smallest absolute Gasteiger partial charge is 0.355 e. The summed E-state index contributed by atoms with van der Waals surface area (Å²) < 4.78 is 5.31. The molecule has 0 radical (unpaired) electrons. The highest BCUT2D eigenvalue weighted by Gasteiger charge is 2.23. The van der Waals surface area contributed by atoms with Crippen molar-refractivity contribution in [1.82, 2.24) is 9.97 Å². The van der Waals surface area contributed by atoms with Gasteiger partial charge in [0.1, 0.15) is 10.7 Å². The molecule has 0 aromatic carbocycles. The first kappa shape index (κ1) is 14.4. The monoisotopic (exact) mass is 306 g/mol. The van der Waals surface area contributed by atoms with Crippen LogP contribution in [0.25, 0.3) is 10.2 Å². The number of aromatic carboxylic acids is 1. The summed E-state index contributed by atoms with van der Waals surface area (Å²) in [5.41, 5.74) is 1.32. The molecule has 0 amide bonds. The van der Waals surface area contributed by atoms with Crippen molar-refractivity contribution in [3.63, 3.8) is 0 Å². The van der Waals surface area contributed by atoms with Crippen molar-refractivity contribution in [3.05, 3.63) is 22.0 Å². The molecule has 1 N–H and O–H groups in total. The Morgan fingerprint density at radius 1 is 1.33 bits per heavy atom. The van der Waals surface area contributed by atoms with Crippen LogP contribution in [0.4, 0.5) is 0 Å². The molecule has 5 nitrogen and oxygen atoms in total. The van der Waals surface area contributed by atoms with Crippen molar-refractivity contribution in [2.24, 2.45) is 0 Å². The molecular weight excluding hydrogens is 288 g/mol. The molecule has 0 unspecified atom stereocenters. The number of carboxylic acids is 1. The zero-order valence-electron chi connectivity index (χ0n) is 12.0. The van der Waals surface area contributed by atoms with Gasteiger partial charge in [0.15, 0.2) is 5.69 Å². The minimum atomic E-state index is -0.966. The first-order valence-corrected chi connectivity index (χ1v) is 8.14. The molecule has 1 aliphatic carbocycles. The zero-order chi connectivity index (χ0) is 14.8. The number of nitrogens with zero attached hydrogens (tertiary/aromatic N) is 2. The number of carbonyl (C=O) groups is 1. The molecule has 0 spiro atoms. The fourth-order valence-electron chi connectivity index (χ4n) is 2.78. The molecule has 3 rings (SSSR count). The van der Waals surface area contributed by atoms with Crippen molar-refractivity contribution in [2.45, 2.75) is 39.0 Å². The number of carboxylic acid groups (broad SMARTS) is 1. The Morgan fingerprint density at radius 3 is 2.90 bits per heavy atom. The third-order valence-electron chi connectivity index (χ3n) is 3.74. The number of fused-ring (bicyclic) bond motifs is 3. The van der Waals surface area contributed by atoms with Gasteiger partial charge < -0.3 is 9.84 Å². The van der Waals surface area contributed by atoms with Gasteiger partial charge in [-0.2, -0.15) is 0 Å². The largest absolute Gasteiger partial charge is 0.476 e. The van der Waals surface area contributed by atoms with E-state index in [9.17, 15) is 9.90 Å². The summed E-state index contributed by atoms with van der Waals surface area (Å²) in [7, 11) is 0. The predicted octanol–water partition coefficient (Wildman–Crippen LogP) is 2.85. The molecule has 0 saturated heterocycles. The molecule has 6 heteroatoms. The van der Waals surface area contributed by atoms with Gasteiger partial charge in [-0.05, 0) is 38.2 Å². The molecule has 2 heterocycles.